The van der Waals surface area contributed by atoms with Gasteiger partial charge >= 0.3 is 5.97 Å². The number of hydrogen-bond donors (Lipinski definition) is 2. The summed E-state index contributed by atoms with van der Waals surface area (Å²) in [5, 5.41) is 31.5. The topological polar surface area (TPSA) is 156 Å². The van der Waals surface area contributed by atoms with Gasteiger partial charge in [0, 0.05) is 11.5 Å². The van der Waals surface area contributed by atoms with Crippen LogP contribution in [0.4, 0.5) is 0 Å². The third-order valence-corrected chi connectivity index (χ3v) is 7.52. The number of nitrogens with zero attached hydrogens (tertiary/aromatic N) is 7. The number of carboxylic acids is 1. The van der Waals surface area contributed by atoms with Crippen LogP contribution in [-0.4, -0.2) is 81.1 Å². The maximum absolute atomic E-state index is 12.6. The third-order valence-electron chi connectivity index (χ3n) is 4.12. The van der Waals surface area contributed by atoms with Crippen molar-refractivity contribution < 1.29 is 19.5 Å². The summed E-state index contributed by atoms with van der Waals surface area (Å²) in [5.41, 5.74) is 0.623. The van der Waals surface area contributed by atoms with Crippen molar-refractivity contribution in [1.29, 1.82) is 0 Å². The Kier molecular flexibility index (Phi) is 5.51. The van der Waals surface area contributed by atoms with Gasteiger partial charge < -0.3 is 10.4 Å². The van der Waals surface area contributed by atoms with Gasteiger partial charge in [-0.15, -0.1) is 32.2 Å². The number of carbonyl (C=O) groups is 3. The molecule has 4 rings (SSSR count). The number of aryl methyl sites for hydroxylation is 1. The smallest absolute Gasteiger partial charge is 0.352 e. The molecule has 0 unspecified atom stereocenters. The first-order valence-corrected chi connectivity index (χ1v) is 11.1. The maximum atomic E-state index is 12.6. The molecule has 12 nitrogen and oxygen atoms in total. The Labute approximate surface area is 176 Å². The highest BCUT2D eigenvalue weighted by atomic mass is 32.2. The molecule has 2 atom stereocenters. The predicted octanol–water partition coefficient (Wildman–Crippen LogP) is -0.636. The largest absolute Gasteiger partial charge is 0.477 e. The summed E-state index contributed by atoms with van der Waals surface area (Å²) in [4.78, 5) is 38.9. The van der Waals surface area contributed by atoms with Crippen molar-refractivity contribution >= 4 is 52.6 Å². The molecule has 2 aromatic heterocycles. The Morgan fingerprint density at radius 1 is 1.41 bits per heavy atom. The van der Waals surface area contributed by atoms with Crippen molar-refractivity contribution in [3.8, 4) is 0 Å². The molecule has 29 heavy (non-hydrogen) atoms. The van der Waals surface area contributed by atoms with Crippen molar-refractivity contribution in [3.05, 3.63) is 22.6 Å². The number of tetrazole rings is 1. The van der Waals surface area contributed by atoms with E-state index in [0.29, 0.717) is 17.1 Å². The zero-order valence-electron chi connectivity index (χ0n) is 14.9. The van der Waals surface area contributed by atoms with Crippen LogP contribution in [0.2, 0.25) is 0 Å². The summed E-state index contributed by atoms with van der Waals surface area (Å²) in [6.45, 7) is 1.67. The van der Waals surface area contributed by atoms with E-state index in [1.165, 1.54) is 46.1 Å². The Balaban J connectivity index is 1.44. The highest BCUT2D eigenvalue weighted by molar-refractivity contribution is 8.01. The lowest BCUT2D eigenvalue weighted by Crippen LogP contribution is -2.70. The molecule has 2 amide bonds. The molecule has 0 bridgehead atoms. The summed E-state index contributed by atoms with van der Waals surface area (Å²) in [6, 6.07) is -0.787. The monoisotopic (exact) mass is 454 g/mol. The van der Waals surface area contributed by atoms with E-state index in [0.717, 1.165) is 14.1 Å². The molecule has 0 saturated carbocycles. The fourth-order valence-electron chi connectivity index (χ4n) is 2.89. The van der Waals surface area contributed by atoms with Crippen molar-refractivity contribution in [1.82, 2.24) is 40.6 Å². The van der Waals surface area contributed by atoms with Crippen LogP contribution in [0, 0.1) is 6.92 Å². The average molecular weight is 455 g/mol. The normalized spacial score (nSPS) is 21.0. The Morgan fingerprint density at radius 2 is 2.24 bits per heavy atom. The Bertz CT molecular complexity index is 991. The molecule has 0 spiro atoms. The number of fused-ring (bicyclic) bond motifs is 1. The average Bonchev–Trinajstić information content (AvgIpc) is 3.35. The molecule has 15 heteroatoms. The molecular formula is C14H14N8O4S3. The molecule has 2 aliphatic rings. The third kappa shape index (κ3) is 3.97. The Morgan fingerprint density at radius 3 is 2.90 bits per heavy atom. The van der Waals surface area contributed by atoms with Crippen molar-refractivity contribution in [2.45, 2.75) is 29.2 Å². The molecule has 0 aliphatic carbocycles. The van der Waals surface area contributed by atoms with Crippen LogP contribution in [0.5, 0.6) is 0 Å². The van der Waals surface area contributed by atoms with Gasteiger partial charge in [0.05, 0.1) is 0 Å². The standard InChI is InChI=1S/C14H14N8O4S3/c1-6-18-19-14(29-6)28-4-7-3-27-12-9(11(24)22(12)10(7)13(25)26)17-8(23)2-21-16-5-15-20-21/h5,9,12H,2-4H2,1H3,(H,17,23)(H,25,26)/t9-,12-/m1/s1. The summed E-state index contributed by atoms with van der Waals surface area (Å²) in [5.74, 6) is -1.22. The van der Waals surface area contributed by atoms with Gasteiger partial charge in [0.2, 0.25) is 5.91 Å². The summed E-state index contributed by atoms with van der Waals surface area (Å²) < 4.78 is 0.744. The van der Waals surface area contributed by atoms with Crippen LogP contribution in [0.15, 0.2) is 21.9 Å². The summed E-state index contributed by atoms with van der Waals surface area (Å²) >= 11 is 4.24. The molecule has 1 fully saturated rings. The van der Waals surface area contributed by atoms with Crippen LogP contribution >= 0.6 is 34.9 Å². The van der Waals surface area contributed by atoms with E-state index < -0.39 is 29.2 Å². The summed E-state index contributed by atoms with van der Waals surface area (Å²) in [6.07, 6.45) is 1.20. The van der Waals surface area contributed by atoms with Crippen molar-refractivity contribution in [2.24, 2.45) is 0 Å². The van der Waals surface area contributed by atoms with E-state index in [1.54, 1.807) is 0 Å². The van der Waals surface area contributed by atoms with Gasteiger partial charge in [-0.05, 0) is 17.7 Å². The van der Waals surface area contributed by atoms with E-state index in [4.69, 9.17) is 0 Å². The molecule has 2 N–H and O–H groups in total. The fourth-order valence-corrected chi connectivity index (χ4v) is 6.19. The minimum Gasteiger partial charge on any atom is -0.477 e. The van der Waals surface area contributed by atoms with Crippen molar-refractivity contribution in [2.75, 3.05) is 11.5 Å². The number of carboxylic acid groups (broad SMARTS) is 1. The molecular weight excluding hydrogens is 440 g/mol. The molecule has 0 aromatic carbocycles. The van der Waals surface area contributed by atoms with Gasteiger partial charge in [-0.2, -0.15) is 4.80 Å². The van der Waals surface area contributed by atoms with Crippen LogP contribution in [-0.2, 0) is 20.9 Å². The van der Waals surface area contributed by atoms with Crippen LogP contribution < -0.4 is 5.32 Å². The fraction of sp³-hybridized carbons (Fsp3) is 0.429. The van der Waals surface area contributed by atoms with E-state index in [1.807, 2.05) is 6.92 Å². The molecule has 1 saturated heterocycles. The second-order valence-electron chi connectivity index (χ2n) is 6.05. The first kappa shape index (κ1) is 19.8. The second-order valence-corrected chi connectivity index (χ2v) is 9.56. The zero-order chi connectivity index (χ0) is 20.5. The SMILES string of the molecule is Cc1nnc(SCC2=C(C(=O)O)N3C(=O)[C@@H](NC(=O)Cn4ncnn4)[C@H]3SC2)s1. The number of β-lactam (4-membered cyclic amide) rings is 1. The van der Waals surface area contributed by atoms with Gasteiger partial charge in [-0.25, -0.2) is 4.79 Å². The van der Waals surface area contributed by atoms with Crippen LogP contribution in [0.1, 0.15) is 5.01 Å². The van der Waals surface area contributed by atoms with Gasteiger partial charge in [-0.3, -0.25) is 14.5 Å². The molecule has 2 aromatic rings. The Hall–Kier alpha value is -2.52. The number of nitrogens with one attached hydrogen (secondary N) is 1. The molecule has 4 heterocycles. The number of carbonyl (C=O) groups excluding carboxylic acids is 2. The first-order chi connectivity index (χ1) is 13.9. The number of rotatable bonds is 7. The minimum absolute atomic E-state index is 0.0177. The number of aromatic nitrogens is 6. The first-order valence-electron chi connectivity index (χ1n) is 8.27. The highest BCUT2D eigenvalue weighted by Gasteiger charge is 2.54. The zero-order valence-corrected chi connectivity index (χ0v) is 17.3. The quantitative estimate of drug-likeness (QED) is 0.405. The van der Waals surface area contributed by atoms with E-state index in [-0.39, 0.29) is 12.2 Å². The lowest BCUT2D eigenvalue weighted by Gasteiger charge is -2.49. The number of thioether (sulfide) groups is 2. The molecule has 2 aliphatic heterocycles. The minimum atomic E-state index is -1.16. The van der Waals surface area contributed by atoms with E-state index in [2.05, 4.69) is 30.9 Å². The second kappa shape index (κ2) is 8.08. The van der Waals surface area contributed by atoms with E-state index >= 15 is 0 Å². The van der Waals surface area contributed by atoms with Gasteiger partial charge in [0.25, 0.3) is 5.91 Å². The van der Waals surface area contributed by atoms with Crippen molar-refractivity contribution in [3.63, 3.8) is 0 Å². The number of amides is 2. The van der Waals surface area contributed by atoms with Crippen LogP contribution in [0.3, 0.4) is 0 Å². The molecule has 152 valence electrons. The summed E-state index contributed by atoms with van der Waals surface area (Å²) in [7, 11) is 0. The highest BCUT2D eigenvalue weighted by Crippen LogP contribution is 2.41. The lowest BCUT2D eigenvalue weighted by atomic mass is 10.0. The van der Waals surface area contributed by atoms with E-state index in [9.17, 15) is 19.5 Å². The van der Waals surface area contributed by atoms with Gasteiger partial charge in [0.1, 0.15) is 28.7 Å². The molecule has 0 radical (unpaired) electrons. The van der Waals surface area contributed by atoms with Crippen LogP contribution in [0.25, 0.3) is 0 Å². The lowest BCUT2D eigenvalue weighted by molar-refractivity contribution is -0.150. The maximum Gasteiger partial charge on any atom is 0.352 e. The number of aliphatic carboxylic acids is 1. The number of hydrogen-bond acceptors (Lipinski definition) is 11. The van der Waals surface area contributed by atoms with Gasteiger partial charge in [0.15, 0.2) is 10.7 Å². The van der Waals surface area contributed by atoms with Gasteiger partial charge in [-0.1, -0.05) is 23.1 Å². The predicted molar refractivity (Wildman–Crippen MR) is 103 cm³/mol.